The molecular formula is C12H15N5O. The number of carbonyl (C=O) groups is 1. The van der Waals surface area contributed by atoms with E-state index in [2.05, 4.69) is 20.8 Å². The van der Waals surface area contributed by atoms with Crippen LogP contribution in [0.25, 0.3) is 0 Å². The third-order valence-corrected chi connectivity index (χ3v) is 2.49. The standard InChI is InChI=1S/C12H15N5O/c13-11-10(8-16-17-11)7-15-12(18)14-6-9-4-2-1-3-5-9/h1-5,8H,6-7H2,(H3,13,16,17)(H2,14,15,18). The number of anilines is 1. The van der Waals surface area contributed by atoms with Crippen LogP contribution in [0.15, 0.2) is 36.5 Å². The summed E-state index contributed by atoms with van der Waals surface area (Å²) >= 11 is 0. The molecule has 2 amide bonds. The summed E-state index contributed by atoms with van der Waals surface area (Å²) < 4.78 is 0. The topological polar surface area (TPSA) is 95.8 Å². The molecule has 2 aromatic rings. The molecule has 0 saturated heterocycles. The van der Waals surface area contributed by atoms with E-state index in [0.29, 0.717) is 18.9 Å². The maximum Gasteiger partial charge on any atom is 0.315 e. The van der Waals surface area contributed by atoms with Gasteiger partial charge in [-0.2, -0.15) is 5.10 Å². The van der Waals surface area contributed by atoms with Crippen LogP contribution in [0, 0.1) is 0 Å². The van der Waals surface area contributed by atoms with Crippen LogP contribution in [0.1, 0.15) is 11.1 Å². The highest BCUT2D eigenvalue weighted by Gasteiger charge is 2.04. The SMILES string of the molecule is Nc1[nH]ncc1CNC(=O)NCc1ccccc1. The molecule has 0 atom stereocenters. The van der Waals surface area contributed by atoms with Crippen molar-refractivity contribution in [2.75, 3.05) is 5.73 Å². The monoisotopic (exact) mass is 245 g/mol. The molecular weight excluding hydrogens is 230 g/mol. The number of hydrogen-bond donors (Lipinski definition) is 4. The number of nitrogens with zero attached hydrogens (tertiary/aromatic N) is 1. The summed E-state index contributed by atoms with van der Waals surface area (Å²) in [4.78, 5) is 11.5. The average molecular weight is 245 g/mol. The molecule has 1 aromatic heterocycles. The molecule has 2 rings (SSSR count). The van der Waals surface area contributed by atoms with Crippen LogP contribution < -0.4 is 16.4 Å². The normalized spacial score (nSPS) is 10.0. The number of amides is 2. The molecule has 1 heterocycles. The molecule has 0 aliphatic rings. The number of carbonyl (C=O) groups excluding carboxylic acids is 1. The van der Waals surface area contributed by atoms with Gasteiger partial charge in [-0.25, -0.2) is 4.79 Å². The molecule has 6 nitrogen and oxygen atoms in total. The first kappa shape index (κ1) is 12.0. The van der Waals surface area contributed by atoms with Gasteiger partial charge in [0.05, 0.1) is 6.20 Å². The van der Waals surface area contributed by atoms with Crippen molar-refractivity contribution in [3.8, 4) is 0 Å². The number of H-pyrrole nitrogens is 1. The van der Waals surface area contributed by atoms with Gasteiger partial charge in [-0.15, -0.1) is 0 Å². The zero-order valence-corrected chi connectivity index (χ0v) is 9.81. The highest BCUT2D eigenvalue weighted by molar-refractivity contribution is 5.73. The van der Waals surface area contributed by atoms with Crippen molar-refractivity contribution in [1.82, 2.24) is 20.8 Å². The number of aromatic amines is 1. The Bertz CT molecular complexity index is 508. The fourth-order valence-electron chi connectivity index (χ4n) is 1.48. The van der Waals surface area contributed by atoms with Crippen LogP contribution in [-0.2, 0) is 13.1 Å². The Balaban J connectivity index is 1.75. The van der Waals surface area contributed by atoms with Crippen molar-refractivity contribution in [2.24, 2.45) is 0 Å². The zero-order chi connectivity index (χ0) is 12.8. The number of urea groups is 1. The number of aromatic nitrogens is 2. The first-order valence-corrected chi connectivity index (χ1v) is 5.59. The highest BCUT2D eigenvalue weighted by atomic mass is 16.2. The van der Waals surface area contributed by atoms with E-state index < -0.39 is 0 Å². The fourth-order valence-corrected chi connectivity index (χ4v) is 1.48. The van der Waals surface area contributed by atoms with Gasteiger partial charge in [0, 0.05) is 18.7 Å². The Morgan fingerprint density at radius 3 is 2.61 bits per heavy atom. The second kappa shape index (κ2) is 5.72. The number of hydrogen-bond acceptors (Lipinski definition) is 3. The summed E-state index contributed by atoms with van der Waals surface area (Å²) in [7, 11) is 0. The van der Waals surface area contributed by atoms with Crippen LogP contribution in [0.2, 0.25) is 0 Å². The van der Waals surface area contributed by atoms with Crippen molar-refractivity contribution < 1.29 is 4.79 Å². The molecule has 0 unspecified atom stereocenters. The molecule has 94 valence electrons. The second-order valence-electron chi connectivity index (χ2n) is 3.83. The van der Waals surface area contributed by atoms with Gasteiger partial charge in [0.1, 0.15) is 5.82 Å². The Labute approximate surface area is 105 Å². The fraction of sp³-hybridized carbons (Fsp3) is 0.167. The van der Waals surface area contributed by atoms with Gasteiger partial charge in [-0.05, 0) is 5.56 Å². The highest BCUT2D eigenvalue weighted by Crippen LogP contribution is 2.04. The first-order valence-electron chi connectivity index (χ1n) is 5.59. The molecule has 18 heavy (non-hydrogen) atoms. The molecule has 0 aliphatic carbocycles. The molecule has 5 N–H and O–H groups in total. The number of nitrogens with one attached hydrogen (secondary N) is 3. The smallest absolute Gasteiger partial charge is 0.315 e. The van der Waals surface area contributed by atoms with Gasteiger partial charge in [0.25, 0.3) is 0 Å². The Kier molecular flexibility index (Phi) is 3.80. The zero-order valence-electron chi connectivity index (χ0n) is 9.81. The van der Waals surface area contributed by atoms with Crippen molar-refractivity contribution in [3.63, 3.8) is 0 Å². The lowest BCUT2D eigenvalue weighted by molar-refractivity contribution is 0.240. The predicted octanol–water partition coefficient (Wildman–Crippen LogP) is 0.991. The van der Waals surface area contributed by atoms with Crippen LogP contribution >= 0.6 is 0 Å². The average Bonchev–Trinajstić information content (AvgIpc) is 2.81. The summed E-state index contributed by atoms with van der Waals surface area (Å²) in [6.45, 7) is 0.844. The molecule has 0 aliphatic heterocycles. The van der Waals surface area contributed by atoms with Gasteiger partial charge in [0.2, 0.25) is 0 Å². The molecule has 0 saturated carbocycles. The van der Waals surface area contributed by atoms with Gasteiger partial charge >= 0.3 is 6.03 Å². The summed E-state index contributed by atoms with van der Waals surface area (Å²) in [5, 5.41) is 11.8. The van der Waals surface area contributed by atoms with E-state index in [4.69, 9.17) is 5.73 Å². The van der Waals surface area contributed by atoms with E-state index in [1.807, 2.05) is 30.3 Å². The van der Waals surface area contributed by atoms with E-state index in [1.165, 1.54) is 0 Å². The first-order chi connectivity index (χ1) is 8.75. The van der Waals surface area contributed by atoms with Crippen molar-refractivity contribution >= 4 is 11.8 Å². The molecule has 0 bridgehead atoms. The second-order valence-corrected chi connectivity index (χ2v) is 3.83. The third kappa shape index (κ3) is 3.24. The molecule has 1 aromatic carbocycles. The summed E-state index contributed by atoms with van der Waals surface area (Å²) in [5.41, 5.74) is 7.42. The molecule has 0 fully saturated rings. The van der Waals surface area contributed by atoms with Crippen LogP contribution in [0.5, 0.6) is 0 Å². The summed E-state index contributed by atoms with van der Waals surface area (Å²) in [6.07, 6.45) is 1.59. The van der Waals surface area contributed by atoms with Crippen molar-refractivity contribution in [1.29, 1.82) is 0 Å². The van der Waals surface area contributed by atoms with Gasteiger partial charge < -0.3 is 16.4 Å². The predicted molar refractivity (Wildman–Crippen MR) is 68.5 cm³/mol. The minimum Gasteiger partial charge on any atom is -0.384 e. The van der Waals surface area contributed by atoms with E-state index in [1.54, 1.807) is 6.20 Å². The maximum atomic E-state index is 11.5. The number of rotatable bonds is 4. The quantitative estimate of drug-likeness (QED) is 0.646. The van der Waals surface area contributed by atoms with E-state index >= 15 is 0 Å². The summed E-state index contributed by atoms with van der Waals surface area (Å²) in [5.74, 6) is 0.471. The molecule has 0 spiro atoms. The van der Waals surface area contributed by atoms with Crippen LogP contribution in [0.4, 0.5) is 10.6 Å². The van der Waals surface area contributed by atoms with Gasteiger partial charge in [0.15, 0.2) is 0 Å². The molecule has 0 radical (unpaired) electrons. The minimum atomic E-state index is -0.237. The van der Waals surface area contributed by atoms with Crippen LogP contribution in [0.3, 0.4) is 0 Å². The largest absolute Gasteiger partial charge is 0.384 e. The number of benzene rings is 1. The lowest BCUT2D eigenvalue weighted by atomic mass is 10.2. The Hall–Kier alpha value is -2.50. The Morgan fingerprint density at radius 1 is 1.22 bits per heavy atom. The third-order valence-electron chi connectivity index (χ3n) is 2.49. The van der Waals surface area contributed by atoms with E-state index in [-0.39, 0.29) is 6.03 Å². The van der Waals surface area contributed by atoms with Gasteiger partial charge in [-0.1, -0.05) is 30.3 Å². The van der Waals surface area contributed by atoms with Crippen molar-refractivity contribution in [2.45, 2.75) is 13.1 Å². The van der Waals surface area contributed by atoms with E-state index in [0.717, 1.165) is 11.1 Å². The van der Waals surface area contributed by atoms with Crippen molar-refractivity contribution in [3.05, 3.63) is 47.7 Å². The lowest BCUT2D eigenvalue weighted by Gasteiger charge is -2.07. The maximum absolute atomic E-state index is 11.5. The number of nitrogen functional groups attached to an aromatic ring is 1. The van der Waals surface area contributed by atoms with Crippen LogP contribution in [-0.4, -0.2) is 16.2 Å². The van der Waals surface area contributed by atoms with Gasteiger partial charge in [-0.3, -0.25) is 5.10 Å². The molecule has 6 heteroatoms. The number of nitrogens with two attached hydrogens (primary N) is 1. The Morgan fingerprint density at radius 2 is 1.94 bits per heavy atom. The minimum absolute atomic E-state index is 0.237. The lowest BCUT2D eigenvalue weighted by Crippen LogP contribution is -2.34. The van der Waals surface area contributed by atoms with E-state index in [9.17, 15) is 4.79 Å². The summed E-state index contributed by atoms with van der Waals surface area (Å²) in [6, 6.07) is 9.47.